The number of aromatic amines is 1. The molecule has 2 fully saturated rings. The number of ether oxygens (including phenoxy) is 1. The van der Waals surface area contributed by atoms with E-state index in [9.17, 15) is 9.59 Å². The average molecular weight is 417 g/mol. The number of rotatable bonds is 6. The Morgan fingerprint density at radius 1 is 1.26 bits per heavy atom. The highest BCUT2D eigenvalue weighted by molar-refractivity contribution is 5.93. The fourth-order valence-corrected chi connectivity index (χ4v) is 5.37. The van der Waals surface area contributed by atoms with Crippen LogP contribution in [0.4, 0.5) is 0 Å². The number of hydrogen-bond acceptors (Lipinski definition) is 4. The molecular formula is C24H23N3O4. The molecule has 7 nitrogen and oxygen atoms in total. The minimum atomic E-state index is -0.686. The number of aromatic nitrogens is 1. The average Bonchev–Trinajstić information content (AvgIpc) is 3.58. The fraction of sp³-hybridized carbons (Fsp3) is 0.333. The van der Waals surface area contributed by atoms with Gasteiger partial charge in [0.25, 0.3) is 0 Å². The molecule has 7 heteroatoms. The molecule has 2 N–H and O–H groups in total. The van der Waals surface area contributed by atoms with E-state index in [1.165, 1.54) is 10.9 Å². The summed E-state index contributed by atoms with van der Waals surface area (Å²) < 4.78 is 11.5. The molecule has 3 aliphatic heterocycles. The van der Waals surface area contributed by atoms with Crippen molar-refractivity contribution in [3.63, 3.8) is 0 Å². The van der Waals surface area contributed by atoms with E-state index in [4.69, 9.17) is 9.15 Å². The van der Waals surface area contributed by atoms with Crippen LogP contribution in [0.3, 0.4) is 0 Å². The van der Waals surface area contributed by atoms with Gasteiger partial charge in [-0.2, -0.15) is 0 Å². The van der Waals surface area contributed by atoms with Crippen LogP contribution in [0.15, 0.2) is 65.4 Å². The highest BCUT2D eigenvalue weighted by Crippen LogP contribution is 2.51. The maximum atomic E-state index is 13.3. The molecule has 2 bridgehead atoms. The first-order valence-corrected chi connectivity index (χ1v) is 10.7. The Labute approximate surface area is 179 Å². The summed E-state index contributed by atoms with van der Waals surface area (Å²) >= 11 is 0. The van der Waals surface area contributed by atoms with Crippen LogP contribution in [0.5, 0.6) is 0 Å². The lowest BCUT2D eigenvalue weighted by Gasteiger charge is -2.23. The van der Waals surface area contributed by atoms with Crippen molar-refractivity contribution in [1.82, 2.24) is 15.2 Å². The summed E-state index contributed by atoms with van der Waals surface area (Å²) in [5.74, 6) is -0.456. The van der Waals surface area contributed by atoms with Gasteiger partial charge in [0.2, 0.25) is 11.8 Å². The third-order valence-corrected chi connectivity index (χ3v) is 6.82. The van der Waals surface area contributed by atoms with Gasteiger partial charge in [0.05, 0.1) is 37.3 Å². The number of nitrogens with zero attached hydrogens (tertiary/aromatic N) is 1. The molecule has 1 aromatic carbocycles. The summed E-state index contributed by atoms with van der Waals surface area (Å²) in [5, 5.41) is 4.09. The molecule has 5 heterocycles. The first kappa shape index (κ1) is 18.4. The van der Waals surface area contributed by atoms with Crippen LogP contribution >= 0.6 is 0 Å². The predicted molar refractivity (Wildman–Crippen MR) is 113 cm³/mol. The van der Waals surface area contributed by atoms with Gasteiger partial charge in [-0.1, -0.05) is 30.4 Å². The van der Waals surface area contributed by atoms with Crippen molar-refractivity contribution in [2.75, 3.05) is 13.1 Å². The standard InChI is InChI=1S/C24H23N3O4/c28-22(26-13-16-4-3-11-30-16)20-19-7-9-24(31-19)14-27(23(29)21(20)24)10-8-15-12-25-18-6-2-1-5-17(15)18/h1-7,9,11-12,19-21,25H,8,10,13-14H2,(H,26,28)/t19-,20+,21-,24-/m1/s1. The molecule has 3 aliphatic rings. The zero-order chi connectivity index (χ0) is 21.0. The summed E-state index contributed by atoms with van der Waals surface area (Å²) in [4.78, 5) is 31.5. The number of benzene rings is 1. The van der Waals surface area contributed by atoms with E-state index < -0.39 is 17.4 Å². The molecule has 158 valence electrons. The van der Waals surface area contributed by atoms with Crippen LogP contribution in [-0.4, -0.2) is 46.5 Å². The topological polar surface area (TPSA) is 87.6 Å². The van der Waals surface area contributed by atoms with Gasteiger partial charge in [0.1, 0.15) is 11.4 Å². The Morgan fingerprint density at radius 3 is 3.03 bits per heavy atom. The maximum absolute atomic E-state index is 13.3. The van der Waals surface area contributed by atoms with Gasteiger partial charge in [-0.3, -0.25) is 9.59 Å². The molecule has 1 spiro atoms. The third kappa shape index (κ3) is 2.84. The van der Waals surface area contributed by atoms with Gasteiger partial charge < -0.3 is 24.4 Å². The lowest BCUT2D eigenvalue weighted by Crippen LogP contribution is -2.44. The summed E-state index contributed by atoms with van der Waals surface area (Å²) in [6.07, 6.45) is 7.91. The number of H-pyrrole nitrogens is 1. The van der Waals surface area contributed by atoms with Gasteiger partial charge in [0, 0.05) is 23.6 Å². The van der Waals surface area contributed by atoms with Gasteiger partial charge >= 0.3 is 0 Å². The van der Waals surface area contributed by atoms with Gasteiger partial charge in [0.15, 0.2) is 0 Å². The highest BCUT2D eigenvalue weighted by Gasteiger charge is 2.66. The van der Waals surface area contributed by atoms with Crippen LogP contribution < -0.4 is 5.32 Å². The second-order valence-corrected chi connectivity index (χ2v) is 8.57. The van der Waals surface area contributed by atoms with Crippen molar-refractivity contribution in [1.29, 1.82) is 0 Å². The van der Waals surface area contributed by atoms with Crippen LogP contribution in [0.1, 0.15) is 11.3 Å². The number of para-hydroxylation sites is 1. The second kappa shape index (κ2) is 6.85. The predicted octanol–water partition coefficient (Wildman–Crippen LogP) is 2.40. The minimum Gasteiger partial charge on any atom is -0.467 e. The number of amides is 2. The van der Waals surface area contributed by atoms with Gasteiger partial charge in [-0.15, -0.1) is 0 Å². The van der Waals surface area contributed by atoms with Crippen LogP contribution in [-0.2, 0) is 27.3 Å². The Balaban J connectivity index is 1.17. The third-order valence-electron chi connectivity index (χ3n) is 6.82. The minimum absolute atomic E-state index is 0.00448. The molecule has 0 aliphatic carbocycles. The number of hydrogen-bond donors (Lipinski definition) is 2. The Hall–Kier alpha value is -3.32. The molecule has 4 atom stereocenters. The Kier molecular flexibility index (Phi) is 4.08. The largest absolute Gasteiger partial charge is 0.467 e. The summed E-state index contributed by atoms with van der Waals surface area (Å²) in [6, 6.07) is 11.8. The van der Waals surface area contributed by atoms with Crippen molar-refractivity contribution >= 4 is 22.7 Å². The summed E-state index contributed by atoms with van der Waals surface area (Å²) in [7, 11) is 0. The van der Waals surface area contributed by atoms with Gasteiger partial charge in [-0.25, -0.2) is 0 Å². The van der Waals surface area contributed by atoms with Crippen molar-refractivity contribution in [2.45, 2.75) is 24.7 Å². The lowest BCUT2D eigenvalue weighted by molar-refractivity contribution is -0.137. The first-order chi connectivity index (χ1) is 15.1. The number of carbonyl (C=O) groups excluding carboxylic acids is 2. The molecule has 0 saturated carbocycles. The number of nitrogens with one attached hydrogen (secondary N) is 2. The van der Waals surface area contributed by atoms with Crippen molar-refractivity contribution < 1.29 is 18.7 Å². The molecule has 3 aromatic rings. The molecule has 6 rings (SSSR count). The molecule has 2 saturated heterocycles. The molecule has 2 aromatic heterocycles. The number of furan rings is 1. The molecule has 31 heavy (non-hydrogen) atoms. The van der Waals surface area contributed by atoms with E-state index in [0.717, 1.165) is 11.9 Å². The second-order valence-electron chi connectivity index (χ2n) is 8.57. The molecule has 2 amide bonds. The van der Waals surface area contributed by atoms with E-state index in [1.807, 2.05) is 47.5 Å². The van der Waals surface area contributed by atoms with E-state index in [-0.39, 0.29) is 17.9 Å². The molecule has 0 unspecified atom stereocenters. The lowest BCUT2D eigenvalue weighted by atomic mass is 9.77. The fourth-order valence-electron chi connectivity index (χ4n) is 5.37. The van der Waals surface area contributed by atoms with Crippen LogP contribution in [0.25, 0.3) is 10.9 Å². The van der Waals surface area contributed by atoms with Crippen molar-refractivity contribution in [2.24, 2.45) is 11.8 Å². The maximum Gasteiger partial charge on any atom is 0.230 e. The smallest absolute Gasteiger partial charge is 0.230 e. The quantitative estimate of drug-likeness (QED) is 0.603. The Bertz CT molecular complexity index is 1180. The first-order valence-electron chi connectivity index (χ1n) is 10.7. The van der Waals surface area contributed by atoms with E-state index in [2.05, 4.69) is 16.4 Å². The monoisotopic (exact) mass is 417 g/mol. The number of fused-ring (bicyclic) bond motifs is 2. The zero-order valence-corrected chi connectivity index (χ0v) is 16.9. The van der Waals surface area contributed by atoms with E-state index in [1.54, 1.807) is 12.3 Å². The summed E-state index contributed by atoms with van der Waals surface area (Å²) in [5.41, 5.74) is 1.60. The van der Waals surface area contributed by atoms with Crippen LogP contribution in [0, 0.1) is 11.8 Å². The Morgan fingerprint density at radius 2 is 2.16 bits per heavy atom. The molecular weight excluding hydrogens is 394 g/mol. The van der Waals surface area contributed by atoms with Crippen molar-refractivity contribution in [3.05, 3.63) is 72.3 Å². The zero-order valence-electron chi connectivity index (χ0n) is 16.9. The van der Waals surface area contributed by atoms with Crippen molar-refractivity contribution in [3.8, 4) is 0 Å². The highest BCUT2D eigenvalue weighted by atomic mass is 16.5. The van der Waals surface area contributed by atoms with Gasteiger partial charge in [-0.05, 0) is 30.2 Å². The van der Waals surface area contributed by atoms with E-state index in [0.29, 0.717) is 25.4 Å². The number of likely N-dealkylation sites (tertiary alicyclic amines) is 1. The summed E-state index contributed by atoms with van der Waals surface area (Å²) in [6.45, 7) is 1.40. The normalized spacial score (nSPS) is 28.6. The number of carbonyl (C=O) groups is 2. The van der Waals surface area contributed by atoms with E-state index >= 15 is 0 Å². The SMILES string of the molecule is O=C(NCc1ccco1)[C@H]1[C@H]2C=C[C@]3(CN(CCc4c[nH]c5ccccc45)C(=O)[C@@H]13)O2. The molecule has 0 radical (unpaired) electrons. The van der Waals surface area contributed by atoms with Crippen LogP contribution in [0.2, 0.25) is 0 Å².